The Hall–Kier alpha value is -1.88. The van der Waals surface area contributed by atoms with E-state index in [-0.39, 0.29) is 11.6 Å². The summed E-state index contributed by atoms with van der Waals surface area (Å²) in [7, 11) is 0. The van der Waals surface area contributed by atoms with Crippen molar-refractivity contribution in [2.24, 2.45) is 0 Å². The molecule has 19 heavy (non-hydrogen) atoms. The normalized spacial score (nSPS) is 10.2. The smallest absolute Gasteiger partial charge is 0.253 e. The van der Waals surface area contributed by atoms with E-state index in [1.807, 2.05) is 23.8 Å². The van der Waals surface area contributed by atoms with E-state index in [9.17, 15) is 9.18 Å². The molecule has 5 heteroatoms. The van der Waals surface area contributed by atoms with Crippen LogP contribution in [-0.2, 0) is 6.54 Å². The predicted molar refractivity (Wildman–Crippen MR) is 76.1 cm³/mol. The van der Waals surface area contributed by atoms with Crippen LogP contribution in [0.4, 0.5) is 10.1 Å². The molecule has 0 atom stereocenters. The van der Waals surface area contributed by atoms with E-state index in [2.05, 4.69) is 10.6 Å². The Morgan fingerprint density at radius 3 is 2.89 bits per heavy atom. The van der Waals surface area contributed by atoms with E-state index in [1.165, 1.54) is 12.1 Å². The third kappa shape index (κ3) is 3.32. The molecule has 1 aromatic heterocycles. The highest BCUT2D eigenvalue weighted by Crippen LogP contribution is 2.19. The van der Waals surface area contributed by atoms with Gasteiger partial charge >= 0.3 is 0 Å². The number of hydrogen-bond donors (Lipinski definition) is 2. The lowest BCUT2D eigenvalue weighted by molar-refractivity contribution is 0.0951. The van der Waals surface area contributed by atoms with Crippen molar-refractivity contribution in [2.75, 3.05) is 11.9 Å². The molecule has 2 rings (SSSR count). The number of thiophene rings is 1. The lowest BCUT2D eigenvalue weighted by Gasteiger charge is -2.11. The number of anilines is 1. The van der Waals surface area contributed by atoms with Crippen LogP contribution in [0.2, 0.25) is 0 Å². The number of para-hydroxylation sites is 1. The molecule has 2 N–H and O–H groups in total. The van der Waals surface area contributed by atoms with Gasteiger partial charge in [0.05, 0.1) is 11.3 Å². The molecule has 0 bridgehead atoms. The Labute approximate surface area is 115 Å². The summed E-state index contributed by atoms with van der Waals surface area (Å²) in [4.78, 5) is 12.1. The highest BCUT2D eigenvalue weighted by atomic mass is 32.1. The molecular formula is C14H15FN2OS. The minimum absolute atomic E-state index is 0.257. The number of halogens is 1. The summed E-state index contributed by atoms with van der Waals surface area (Å²) in [5.74, 6) is -0.688. The van der Waals surface area contributed by atoms with E-state index in [4.69, 9.17) is 0 Å². The van der Waals surface area contributed by atoms with Crippen molar-refractivity contribution in [3.63, 3.8) is 0 Å². The van der Waals surface area contributed by atoms with Crippen LogP contribution in [0.1, 0.15) is 22.8 Å². The molecule has 0 spiro atoms. The van der Waals surface area contributed by atoms with Crippen LogP contribution >= 0.6 is 11.3 Å². The molecule has 0 unspecified atom stereocenters. The van der Waals surface area contributed by atoms with E-state index in [0.717, 1.165) is 5.56 Å². The van der Waals surface area contributed by atoms with Gasteiger partial charge in [-0.1, -0.05) is 6.07 Å². The average molecular weight is 278 g/mol. The maximum atomic E-state index is 13.7. The maximum Gasteiger partial charge on any atom is 0.253 e. The van der Waals surface area contributed by atoms with Crippen LogP contribution in [0.3, 0.4) is 0 Å². The molecule has 0 aliphatic rings. The van der Waals surface area contributed by atoms with Crippen LogP contribution in [0.15, 0.2) is 35.0 Å². The fourth-order valence-corrected chi connectivity index (χ4v) is 2.41. The SMILES string of the molecule is CCNc1c(F)cccc1C(=O)NCc1ccsc1. The van der Waals surface area contributed by atoms with Crippen LogP contribution in [-0.4, -0.2) is 12.5 Å². The molecule has 2 aromatic rings. The Morgan fingerprint density at radius 2 is 2.21 bits per heavy atom. The third-order valence-electron chi connectivity index (χ3n) is 2.64. The van der Waals surface area contributed by atoms with Gasteiger partial charge in [0.2, 0.25) is 0 Å². The fourth-order valence-electron chi connectivity index (χ4n) is 1.74. The number of amides is 1. The number of nitrogens with one attached hydrogen (secondary N) is 2. The highest BCUT2D eigenvalue weighted by molar-refractivity contribution is 7.07. The van der Waals surface area contributed by atoms with Gasteiger partial charge in [0, 0.05) is 13.1 Å². The molecule has 0 fully saturated rings. The van der Waals surface area contributed by atoms with Crippen molar-refractivity contribution in [3.8, 4) is 0 Å². The lowest BCUT2D eigenvalue weighted by atomic mass is 10.1. The van der Waals surface area contributed by atoms with Gasteiger partial charge in [0.25, 0.3) is 5.91 Å². The van der Waals surface area contributed by atoms with Gasteiger partial charge in [0.15, 0.2) is 0 Å². The van der Waals surface area contributed by atoms with Crippen molar-refractivity contribution >= 4 is 22.9 Å². The quantitative estimate of drug-likeness (QED) is 0.881. The zero-order valence-electron chi connectivity index (χ0n) is 10.6. The van der Waals surface area contributed by atoms with Crippen LogP contribution in [0.5, 0.6) is 0 Å². The van der Waals surface area contributed by atoms with E-state index < -0.39 is 5.82 Å². The molecule has 0 radical (unpaired) electrons. The first-order chi connectivity index (χ1) is 9.22. The zero-order valence-corrected chi connectivity index (χ0v) is 11.4. The van der Waals surface area contributed by atoms with Crippen LogP contribution in [0.25, 0.3) is 0 Å². The van der Waals surface area contributed by atoms with Gasteiger partial charge in [-0.25, -0.2) is 4.39 Å². The van der Waals surface area contributed by atoms with Gasteiger partial charge in [-0.3, -0.25) is 4.79 Å². The summed E-state index contributed by atoms with van der Waals surface area (Å²) in [5.41, 5.74) is 1.63. The van der Waals surface area contributed by atoms with Crippen molar-refractivity contribution in [2.45, 2.75) is 13.5 Å². The third-order valence-corrected chi connectivity index (χ3v) is 3.38. The molecule has 0 saturated carbocycles. The monoisotopic (exact) mass is 278 g/mol. The molecule has 0 aliphatic heterocycles. The number of rotatable bonds is 5. The molecule has 3 nitrogen and oxygen atoms in total. The summed E-state index contributed by atoms with van der Waals surface area (Å²) < 4.78 is 13.7. The minimum atomic E-state index is -0.412. The number of carbonyl (C=O) groups is 1. The van der Waals surface area contributed by atoms with E-state index in [0.29, 0.717) is 18.7 Å². The molecule has 0 aliphatic carbocycles. The lowest BCUT2D eigenvalue weighted by Crippen LogP contribution is -2.24. The predicted octanol–water partition coefficient (Wildman–Crippen LogP) is 3.25. The Balaban J connectivity index is 2.12. The number of carbonyl (C=O) groups excluding carboxylic acids is 1. The van der Waals surface area contributed by atoms with E-state index in [1.54, 1.807) is 17.4 Å². The van der Waals surface area contributed by atoms with Gasteiger partial charge in [-0.15, -0.1) is 0 Å². The summed E-state index contributed by atoms with van der Waals surface area (Å²) in [6.45, 7) is 2.87. The van der Waals surface area contributed by atoms with Crippen molar-refractivity contribution in [1.29, 1.82) is 0 Å². The van der Waals surface area contributed by atoms with Crippen molar-refractivity contribution in [3.05, 3.63) is 52.0 Å². The first-order valence-electron chi connectivity index (χ1n) is 6.04. The topological polar surface area (TPSA) is 41.1 Å². The minimum Gasteiger partial charge on any atom is -0.382 e. The first kappa shape index (κ1) is 13.5. The molecular weight excluding hydrogens is 263 g/mol. The van der Waals surface area contributed by atoms with Crippen molar-refractivity contribution in [1.82, 2.24) is 5.32 Å². The largest absolute Gasteiger partial charge is 0.382 e. The second-order valence-corrected chi connectivity index (χ2v) is 4.79. The van der Waals surface area contributed by atoms with Gasteiger partial charge < -0.3 is 10.6 Å². The Kier molecular flexibility index (Phi) is 4.52. The number of hydrogen-bond acceptors (Lipinski definition) is 3. The first-order valence-corrected chi connectivity index (χ1v) is 6.98. The molecule has 1 heterocycles. The average Bonchev–Trinajstić information content (AvgIpc) is 2.92. The second kappa shape index (κ2) is 6.33. The summed E-state index contributed by atoms with van der Waals surface area (Å²) in [5, 5.41) is 9.59. The second-order valence-electron chi connectivity index (χ2n) is 4.01. The van der Waals surface area contributed by atoms with E-state index >= 15 is 0 Å². The Morgan fingerprint density at radius 1 is 1.37 bits per heavy atom. The van der Waals surface area contributed by atoms with Gasteiger partial charge in [0.1, 0.15) is 5.82 Å². The number of benzene rings is 1. The van der Waals surface area contributed by atoms with Gasteiger partial charge in [-0.05, 0) is 41.4 Å². The summed E-state index contributed by atoms with van der Waals surface area (Å²) in [6, 6.07) is 6.44. The summed E-state index contributed by atoms with van der Waals surface area (Å²) in [6.07, 6.45) is 0. The van der Waals surface area contributed by atoms with Crippen LogP contribution in [0, 0.1) is 5.82 Å². The maximum absolute atomic E-state index is 13.7. The molecule has 100 valence electrons. The van der Waals surface area contributed by atoms with Gasteiger partial charge in [-0.2, -0.15) is 11.3 Å². The highest BCUT2D eigenvalue weighted by Gasteiger charge is 2.14. The summed E-state index contributed by atoms with van der Waals surface area (Å²) >= 11 is 1.58. The molecule has 1 aromatic carbocycles. The fraction of sp³-hybridized carbons (Fsp3) is 0.214. The molecule has 0 saturated heterocycles. The zero-order chi connectivity index (χ0) is 13.7. The standard InChI is InChI=1S/C14H15FN2OS/c1-2-16-13-11(4-3-5-12(13)15)14(18)17-8-10-6-7-19-9-10/h3-7,9,16H,2,8H2,1H3,(H,17,18). The Bertz CT molecular complexity index is 555. The van der Waals surface area contributed by atoms with Crippen molar-refractivity contribution < 1.29 is 9.18 Å². The van der Waals surface area contributed by atoms with Crippen LogP contribution < -0.4 is 10.6 Å². The molecule has 1 amide bonds.